The summed E-state index contributed by atoms with van der Waals surface area (Å²) in [6.07, 6.45) is -0.651. The summed E-state index contributed by atoms with van der Waals surface area (Å²) in [5.41, 5.74) is 1.41. The van der Waals surface area contributed by atoms with Crippen LogP contribution in [0.2, 0.25) is 0 Å². The minimum atomic E-state index is -0.651. The van der Waals surface area contributed by atoms with Gasteiger partial charge >= 0.3 is 0 Å². The van der Waals surface area contributed by atoms with Crippen LogP contribution in [-0.2, 0) is 0 Å². The zero-order chi connectivity index (χ0) is 12.8. The van der Waals surface area contributed by atoms with Crippen molar-refractivity contribution in [3.05, 3.63) is 65.7 Å². The second kappa shape index (κ2) is 5.85. The fraction of sp³-hybridized carbons (Fsp3) is 0.133. The number of nitrogens with zero attached hydrogens (tertiary/aromatic N) is 1. The molecule has 1 atom stereocenters. The molecule has 0 saturated heterocycles. The SMILES string of the molecule is N#Cc1ccc(OC[C@@H](O)c2ccccc2)cc1. The number of aliphatic hydroxyl groups is 1. The maximum Gasteiger partial charge on any atom is 0.119 e. The van der Waals surface area contributed by atoms with E-state index in [9.17, 15) is 5.11 Å². The Morgan fingerprint density at radius 2 is 1.72 bits per heavy atom. The summed E-state index contributed by atoms with van der Waals surface area (Å²) in [5.74, 6) is 0.643. The van der Waals surface area contributed by atoms with Crippen LogP contribution in [0.4, 0.5) is 0 Å². The first-order valence-electron chi connectivity index (χ1n) is 5.65. The number of benzene rings is 2. The first-order chi connectivity index (χ1) is 8.79. The molecule has 2 aromatic rings. The lowest BCUT2D eigenvalue weighted by Gasteiger charge is -2.12. The minimum absolute atomic E-state index is 0.190. The van der Waals surface area contributed by atoms with Crippen molar-refractivity contribution in [1.29, 1.82) is 5.26 Å². The van der Waals surface area contributed by atoms with E-state index in [-0.39, 0.29) is 6.61 Å². The van der Waals surface area contributed by atoms with Crippen LogP contribution in [0.25, 0.3) is 0 Å². The molecule has 0 radical (unpaired) electrons. The van der Waals surface area contributed by atoms with Crippen LogP contribution >= 0.6 is 0 Å². The van der Waals surface area contributed by atoms with Crippen LogP contribution in [0.15, 0.2) is 54.6 Å². The molecule has 18 heavy (non-hydrogen) atoms. The first kappa shape index (κ1) is 12.2. The molecule has 0 amide bonds. The molecule has 0 saturated carbocycles. The van der Waals surface area contributed by atoms with Gasteiger partial charge in [0.2, 0.25) is 0 Å². The first-order valence-corrected chi connectivity index (χ1v) is 5.65. The van der Waals surface area contributed by atoms with Crippen molar-refractivity contribution in [1.82, 2.24) is 0 Å². The number of rotatable bonds is 4. The van der Waals surface area contributed by atoms with Crippen LogP contribution in [0, 0.1) is 11.3 Å². The molecule has 0 aliphatic heterocycles. The van der Waals surface area contributed by atoms with E-state index in [0.29, 0.717) is 11.3 Å². The highest BCUT2D eigenvalue weighted by molar-refractivity contribution is 5.34. The number of nitriles is 1. The van der Waals surface area contributed by atoms with Crippen molar-refractivity contribution in [2.24, 2.45) is 0 Å². The lowest BCUT2D eigenvalue weighted by Crippen LogP contribution is -2.09. The summed E-state index contributed by atoms with van der Waals surface area (Å²) in [6.45, 7) is 0.190. The second-order valence-electron chi connectivity index (χ2n) is 3.87. The zero-order valence-corrected chi connectivity index (χ0v) is 9.78. The Morgan fingerprint density at radius 1 is 1.06 bits per heavy atom. The van der Waals surface area contributed by atoms with Crippen molar-refractivity contribution in [2.45, 2.75) is 6.10 Å². The van der Waals surface area contributed by atoms with E-state index in [1.165, 1.54) is 0 Å². The average Bonchev–Trinajstić information content (AvgIpc) is 2.46. The van der Waals surface area contributed by atoms with Gasteiger partial charge in [0.15, 0.2) is 0 Å². The van der Waals surface area contributed by atoms with Gasteiger partial charge < -0.3 is 9.84 Å². The number of ether oxygens (including phenoxy) is 1. The summed E-state index contributed by atoms with van der Waals surface area (Å²) >= 11 is 0. The Labute approximate surface area is 106 Å². The predicted molar refractivity (Wildman–Crippen MR) is 68.1 cm³/mol. The van der Waals surface area contributed by atoms with Gasteiger partial charge in [-0.25, -0.2) is 0 Å². The average molecular weight is 239 g/mol. The highest BCUT2D eigenvalue weighted by Crippen LogP contribution is 2.16. The zero-order valence-electron chi connectivity index (χ0n) is 9.78. The van der Waals surface area contributed by atoms with E-state index >= 15 is 0 Å². The van der Waals surface area contributed by atoms with Crippen LogP contribution in [-0.4, -0.2) is 11.7 Å². The highest BCUT2D eigenvalue weighted by atomic mass is 16.5. The predicted octanol–water partition coefficient (Wildman–Crippen LogP) is 2.67. The Morgan fingerprint density at radius 3 is 2.33 bits per heavy atom. The molecule has 2 rings (SSSR count). The molecule has 0 fully saturated rings. The Hall–Kier alpha value is -2.31. The lowest BCUT2D eigenvalue weighted by atomic mass is 10.1. The molecule has 0 unspecified atom stereocenters. The molecule has 0 spiro atoms. The molecular weight excluding hydrogens is 226 g/mol. The number of hydrogen-bond donors (Lipinski definition) is 1. The van der Waals surface area contributed by atoms with Crippen LogP contribution in [0.5, 0.6) is 5.75 Å². The quantitative estimate of drug-likeness (QED) is 0.892. The summed E-state index contributed by atoms with van der Waals surface area (Å²) in [4.78, 5) is 0. The van der Waals surface area contributed by atoms with Gasteiger partial charge in [-0.15, -0.1) is 0 Å². The molecule has 3 heteroatoms. The van der Waals surface area contributed by atoms with E-state index in [4.69, 9.17) is 10.00 Å². The fourth-order valence-corrected chi connectivity index (χ4v) is 1.57. The van der Waals surface area contributed by atoms with E-state index in [1.807, 2.05) is 36.4 Å². The topological polar surface area (TPSA) is 53.2 Å². The van der Waals surface area contributed by atoms with Crippen molar-refractivity contribution in [2.75, 3.05) is 6.61 Å². The number of hydrogen-bond acceptors (Lipinski definition) is 3. The maximum absolute atomic E-state index is 9.91. The van der Waals surface area contributed by atoms with E-state index in [0.717, 1.165) is 5.56 Å². The monoisotopic (exact) mass is 239 g/mol. The highest BCUT2D eigenvalue weighted by Gasteiger charge is 2.07. The van der Waals surface area contributed by atoms with Gasteiger partial charge in [0, 0.05) is 0 Å². The van der Waals surface area contributed by atoms with Crippen molar-refractivity contribution >= 4 is 0 Å². The van der Waals surface area contributed by atoms with E-state index < -0.39 is 6.10 Å². The molecule has 0 aliphatic carbocycles. The molecule has 0 aliphatic rings. The number of aliphatic hydroxyl groups excluding tert-OH is 1. The van der Waals surface area contributed by atoms with Gasteiger partial charge in [0.05, 0.1) is 11.6 Å². The van der Waals surface area contributed by atoms with Gasteiger partial charge in [-0.1, -0.05) is 30.3 Å². The molecule has 3 nitrogen and oxygen atoms in total. The molecule has 1 N–H and O–H groups in total. The van der Waals surface area contributed by atoms with E-state index in [1.54, 1.807) is 24.3 Å². The minimum Gasteiger partial charge on any atom is -0.491 e. The third-order valence-corrected chi connectivity index (χ3v) is 2.58. The van der Waals surface area contributed by atoms with Crippen LogP contribution in [0.1, 0.15) is 17.2 Å². The largest absolute Gasteiger partial charge is 0.491 e. The molecule has 0 heterocycles. The van der Waals surface area contributed by atoms with Gasteiger partial charge in [0.1, 0.15) is 18.5 Å². The van der Waals surface area contributed by atoms with Gasteiger partial charge in [-0.3, -0.25) is 0 Å². The Kier molecular flexibility index (Phi) is 3.95. The third-order valence-electron chi connectivity index (χ3n) is 2.58. The summed E-state index contributed by atoms with van der Waals surface area (Å²) in [7, 11) is 0. The lowest BCUT2D eigenvalue weighted by molar-refractivity contribution is 0.108. The van der Waals surface area contributed by atoms with Gasteiger partial charge in [-0.2, -0.15) is 5.26 Å². The van der Waals surface area contributed by atoms with Gasteiger partial charge in [0.25, 0.3) is 0 Å². The second-order valence-corrected chi connectivity index (χ2v) is 3.87. The smallest absolute Gasteiger partial charge is 0.119 e. The fourth-order valence-electron chi connectivity index (χ4n) is 1.57. The van der Waals surface area contributed by atoms with Gasteiger partial charge in [-0.05, 0) is 29.8 Å². The molecule has 2 aromatic carbocycles. The molecule has 0 bridgehead atoms. The summed E-state index contributed by atoms with van der Waals surface area (Å²) in [6, 6.07) is 18.2. The summed E-state index contributed by atoms with van der Waals surface area (Å²) < 4.78 is 5.46. The summed E-state index contributed by atoms with van der Waals surface area (Å²) in [5, 5.41) is 18.6. The van der Waals surface area contributed by atoms with Crippen molar-refractivity contribution < 1.29 is 9.84 Å². The molecule has 90 valence electrons. The van der Waals surface area contributed by atoms with E-state index in [2.05, 4.69) is 0 Å². The normalized spacial score (nSPS) is 11.6. The van der Waals surface area contributed by atoms with Crippen molar-refractivity contribution in [3.63, 3.8) is 0 Å². The standard InChI is InChI=1S/C15H13NO2/c16-10-12-6-8-14(9-7-12)18-11-15(17)13-4-2-1-3-5-13/h1-9,15,17H,11H2/t15-/m1/s1. The third kappa shape index (κ3) is 3.09. The Bertz CT molecular complexity index is 529. The van der Waals surface area contributed by atoms with Crippen LogP contribution < -0.4 is 4.74 Å². The molecule has 0 aromatic heterocycles. The Balaban J connectivity index is 1.93. The van der Waals surface area contributed by atoms with Crippen LogP contribution in [0.3, 0.4) is 0 Å². The maximum atomic E-state index is 9.91. The van der Waals surface area contributed by atoms with Crippen molar-refractivity contribution in [3.8, 4) is 11.8 Å². The molecular formula is C15H13NO2.